The van der Waals surface area contributed by atoms with Gasteiger partial charge in [0.2, 0.25) is 0 Å². The van der Waals surface area contributed by atoms with Gasteiger partial charge < -0.3 is 0 Å². The molecule has 162 valence electrons. The second-order valence-corrected chi connectivity index (χ2v) is 11.4. The highest BCUT2D eigenvalue weighted by Gasteiger charge is 2.36. The third-order valence-corrected chi connectivity index (χ3v) is 9.01. The minimum absolute atomic E-state index is 0.0682. The van der Waals surface area contributed by atoms with Crippen molar-refractivity contribution in [1.29, 1.82) is 0 Å². The highest BCUT2D eigenvalue weighted by atomic mass is 32.3. The van der Waals surface area contributed by atoms with Gasteiger partial charge in [0.1, 0.15) is 0 Å². The Morgan fingerprint density at radius 1 is 0.710 bits per heavy atom. The molecule has 0 fully saturated rings. The van der Waals surface area contributed by atoms with Gasteiger partial charge in [-0.25, -0.2) is 16.8 Å². The zero-order valence-electron chi connectivity index (χ0n) is 17.7. The lowest BCUT2D eigenvalue weighted by atomic mass is 10.1. The summed E-state index contributed by atoms with van der Waals surface area (Å²) in [6, 6.07) is 21.7. The summed E-state index contributed by atoms with van der Waals surface area (Å²) in [4.78, 5) is -0.136. The molecule has 0 saturated heterocycles. The molecule has 31 heavy (non-hydrogen) atoms. The molecule has 0 heterocycles. The lowest BCUT2D eigenvalue weighted by Gasteiger charge is -2.23. The van der Waals surface area contributed by atoms with Crippen LogP contribution in [0.2, 0.25) is 0 Å². The summed E-state index contributed by atoms with van der Waals surface area (Å²) in [5, 5.41) is 0. The van der Waals surface area contributed by atoms with Crippen molar-refractivity contribution in [2.75, 3.05) is 6.54 Å². The Balaban J connectivity index is 2.10. The molecule has 3 aromatic rings. The van der Waals surface area contributed by atoms with Gasteiger partial charge in [-0.2, -0.15) is 0 Å². The van der Waals surface area contributed by atoms with E-state index in [1.54, 1.807) is 37.3 Å². The Hall–Kier alpha value is -2.74. The number of aryl methyl sites for hydroxylation is 2. The summed E-state index contributed by atoms with van der Waals surface area (Å²) in [5.74, 6) is 0. The molecule has 0 aliphatic carbocycles. The molecule has 0 amide bonds. The van der Waals surface area contributed by atoms with E-state index in [1.807, 2.05) is 44.2 Å². The molecule has 0 unspecified atom stereocenters. The minimum Gasteiger partial charge on any atom is -0.206 e. The average molecular weight is 456 g/mol. The predicted octanol–water partition coefficient (Wildman–Crippen LogP) is 4.79. The van der Waals surface area contributed by atoms with Crippen LogP contribution in [0.15, 0.2) is 94.2 Å². The van der Waals surface area contributed by atoms with Crippen molar-refractivity contribution >= 4 is 26.1 Å². The third-order valence-electron chi connectivity index (χ3n) is 4.76. The fourth-order valence-corrected chi connectivity index (χ4v) is 6.77. The SMILES string of the molecule is C/C(=C\c1ccccc1)CN(S(=O)(=O)c1ccc(C)cc1)S(=O)(=O)c1ccc(C)cc1. The maximum atomic E-state index is 13.4. The zero-order valence-corrected chi connectivity index (χ0v) is 19.3. The number of hydrogen-bond acceptors (Lipinski definition) is 4. The topological polar surface area (TPSA) is 71.5 Å². The summed E-state index contributed by atoms with van der Waals surface area (Å²) >= 11 is 0. The Bertz CT molecular complexity index is 1200. The molecule has 0 N–H and O–H groups in total. The van der Waals surface area contributed by atoms with E-state index in [2.05, 4.69) is 0 Å². The van der Waals surface area contributed by atoms with Crippen molar-refractivity contribution in [2.24, 2.45) is 0 Å². The highest BCUT2D eigenvalue weighted by Crippen LogP contribution is 2.26. The fourth-order valence-electron chi connectivity index (χ4n) is 3.04. The van der Waals surface area contributed by atoms with Gasteiger partial charge in [0.15, 0.2) is 0 Å². The molecule has 0 aromatic heterocycles. The van der Waals surface area contributed by atoms with E-state index in [-0.39, 0.29) is 16.3 Å². The summed E-state index contributed by atoms with van der Waals surface area (Å²) in [7, 11) is -8.63. The second-order valence-electron chi connectivity index (χ2n) is 7.47. The van der Waals surface area contributed by atoms with Crippen LogP contribution in [0.3, 0.4) is 0 Å². The van der Waals surface area contributed by atoms with Crippen LogP contribution in [0.5, 0.6) is 0 Å². The van der Waals surface area contributed by atoms with Gasteiger partial charge in [-0.1, -0.05) is 81.1 Å². The van der Waals surface area contributed by atoms with Gasteiger partial charge >= 0.3 is 0 Å². The summed E-state index contributed by atoms with van der Waals surface area (Å²) in [6.07, 6.45) is 1.78. The van der Waals surface area contributed by atoms with Crippen LogP contribution in [0.4, 0.5) is 0 Å². The molecule has 3 rings (SSSR count). The second kappa shape index (κ2) is 9.18. The Morgan fingerprint density at radius 3 is 1.55 bits per heavy atom. The molecule has 0 bridgehead atoms. The molecular formula is C24H25NO4S2. The summed E-state index contributed by atoms with van der Waals surface area (Å²) in [6.45, 7) is 5.10. The maximum Gasteiger partial charge on any atom is 0.256 e. The average Bonchev–Trinajstić information content (AvgIpc) is 2.73. The van der Waals surface area contributed by atoms with E-state index >= 15 is 0 Å². The fraction of sp³-hybridized carbons (Fsp3) is 0.167. The first kappa shape index (κ1) is 22.9. The molecular weight excluding hydrogens is 430 g/mol. The molecule has 0 atom stereocenters. The van der Waals surface area contributed by atoms with E-state index in [9.17, 15) is 16.8 Å². The molecule has 3 aromatic carbocycles. The Kier molecular flexibility index (Phi) is 6.79. The number of rotatable bonds is 7. The van der Waals surface area contributed by atoms with Gasteiger partial charge in [0.05, 0.1) is 16.3 Å². The van der Waals surface area contributed by atoms with E-state index in [0.717, 1.165) is 16.7 Å². The molecule has 7 heteroatoms. The summed E-state index contributed by atoms with van der Waals surface area (Å²) in [5.41, 5.74) is 3.22. The summed E-state index contributed by atoms with van der Waals surface area (Å²) < 4.78 is 54.3. The molecule has 0 radical (unpaired) electrons. The molecule has 0 aliphatic heterocycles. The third kappa shape index (κ3) is 5.31. The lowest BCUT2D eigenvalue weighted by Crippen LogP contribution is -2.38. The van der Waals surface area contributed by atoms with Crippen molar-refractivity contribution in [2.45, 2.75) is 30.6 Å². The van der Waals surface area contributed by atoms with E-state index in [1.165, 1.54) is 24.3 Å². The quantitative estimate of drug-likeness (QED) is 0.514. The van der Waals surface area contributed by atoms with Crippen molar-refractivity contribution in [3.63, 3.8) is 0 Å². The zero-order chi connectivity index (χ0) is 22.6. The Morgan fingerprint density at radius 2 is 1.13 bits per heavy atom. The van der Waals surface area contributed by atoms with Crippen LogP contribution in [0.1, 0.15) is 23.6 Å². The van der Waals surface area contributed by atoms with Crippen LogP contribution < -0.4 is 0 Å². The number of sulfonamides is 2. The van der Waals surface area contributed by atoms with E-state index in [4.69, 9.17) is 0 Å². The van der Waals surface area contributed by atoms with Crippen molar-refractivity contribution in [3.05, 3.63) is 101 Å². The van der Waals surface area contributed by atoms with Gasteiger partial charge in [-0.3, -0.25) is 0 Å². The smallest absolute Gasteiger partial charge is 0.206 e. The predicted molar refractivity (Wildman–Crippen MR) is 124 cm³/mol. The normalized spacial score (nSPS) is 12.8. The first-order valence-corrected chi connectivity index (χ1v) is 12.6. The minimum atomic E-state index is -4.32. The van der Waals surface area contributed by atoms with Crippen LogP contribution in [-0.4, -0.2) is 27.1 Å². The maximum absolute atomic E-state index is 13.4. The Labute approximate surface area is 184 Å². The molecule has 5 nitrogen and oxygen atoms in total. The van der Waals surface area contributed by atoms with E-state index in [0.29, 0.717) is 9.28 Å². The van der Waals surface area contributed by atoms with Crippen LogP contribution in [0, 0.1) is 13.8 Å². The van der Waals surface area contributed by atoms with Crippen molar-refractivity contribution < 1.29 is 16.8 Å². The number of benzene rings is 3. The van der Waals surface area contributed by atoms with Crippen LogP contribution >= 0.6 is 0 Å². The van der Waals surface area contributed by atoms with E-state index < -0.39 is 20.0 Å². The van der Waals surface area contributed by atoms with Crippen LogP contribution in [-0.2, 0) is 20.0 Å². The first-order chi connectivity index (χ1) is 14.6. The number of hydrogen-bond donors (Lipinski definition) is 0. The largest absolute Gasteiger partial charge is 0.256 e. The highest BCUT2D eigenvalue weighted by molar-refractivity contribution is 8.04. The van der Waals surface area contributed by atoms with Gasteiger partial charge in [0, 0.05) is 0 Å². The van der Waals surface area contributed by atoms with Crippen LogP contribution in [0.25, 0.3) is 6.08 Å². The van der Waals surface area contributed by atoms with Gasteiger partial charge in [-0.15, -0.1) is 0 Å². The molecule has 0 aliphatic rings. The van der Waals surface area contributed by atoms with Crippen molar-refractivity contribution in [1.82, 2.24) is 3.71 Å². The van der Waals surface area contributed by atoms with Gasteiger partial charge in [-0.05, 0) is 50.6 Å². The number of nitrogens with zero attached hydrogens (tertiary/aromatic N) is 1. The standard InChI is InChI=1S/C24H25NO4S2/c1-19-9-13-23(14-10-19)30(26,27)25(18-21(3)17-22-7-5-4-6-8-22)31(28,29)24-15-11-20(2)12-16-24/h4-17H,18H2,1-3H3/b21-17+. The first-order valence-electron chi connectivity index (χ1n) is 9.74. The van der Waals surface area contributed by atoms with Gasteiger partial charge in [0.25, 0.3) is 20.0 Å². The monoisotopic (exact) mass is 455 g/mol. The molecule has 0 spiro atoms. The lowest BCUT2D eigenvalue weighted by molar-refractivity contribution is 0.510. The molecule has 0 saturated carbocycles. The van der Waals surface area contributed by atoms with Crippen molar-refractivity contribution in [3.8, 4) is 0 Å².